The van der Waals surface area contributed by atoms with Gasteiger partial charge in [0.05, 0.1) is 0 Å². The number of anilines is 1. The summed E-state index contributed by atoms with van der Waals surface area (Å²) in [7, 11) is 1.64. The molecular formula is C16H17IN2O. The van der Waals surface area contributed by atoms with Crippen LogP contribution in [0, 0.1) is 10.5 Å². The minimum absolute atomic E-state index is 0.0574. The smallest absolute Gasteiger partial charge is 0.251 e. The second-order valence-corrected chi connectivity index (χ2v) is 5.83. The van der Waals surface area contributed by atoms with E-state index in [0.29, 0.717) is 5.56 Å². The number of benzene rings is 2. The molecule has 2 aromatic rings. The first-order valence-corrected chi connectivity index (χ1v) is 7.49. The maximum Gasteiger partial charge on any atom is 0.251 e. The van der Waals surface area contributed by atoms with Crippen LogP contribution in [-0.2, 0) is 6.54 Å². The lowest BCUT2D eigenvalue weighted by Crippen LogP contribution is -2.17. The Hall–Kier alpha value is -1.56. The Bertz CT molecular complexity index is 608. The quantitative estimate of drug-likeness (QED) is 0.797. The summed E-state index contributed by atoms with van der Waals surface area (Å²) in [6.07, 6.45) is 0. The third-order valence-electron chi connectivity index (χ3n) is 3.11. The monoisotopic (exact) mass is 380 g/mol. The average Bonchev–Trinajstić information content (AvgIpc) is 2.46. The fraction of sp³-hybridized carbons (Fsp3) is 0.188. The van der Waals surface area contributed by atoms with E-state index >= 15 is 0 Å². The molecule has 2 N–H and O–H groups in total. The summed E-state index contributed by atoms with van der Waals surface area (Å²) in [5, 5.41) is 6.03. The zero-order valence-electron chi connectivity index (χ0n) is 11.5. The van der Waals surface area contributed by atoms with E-state index in [9.17, 15) is 4.79 Å². The van der Waals surface area contributed by atoms with Gasteiger partial charge in [-0.25, -0.2) is 0 Å². The Kier molecular flexibility index (Phi) is 5.00. The average molecular weight is 380 g/mol. The number of carbonyl (C=O) groups is 1. The zero-order valence-corrected chi connectivity index (χ0v) is 13.7. The second-order valence-electron chi connectivity index (χ2n) is 4.59. The highest BCUT2D eigenvalue weighted by atomic mass is 127. The molecule has 2 aromatic carbocycles. The Morgan fingerprint density at radius 3 is 2.45 bits per heavy atom. The first-order chi connectivity index (χ1) is 9.60. The van der Waals surface area contributed by atoms with Gasteiger partial charge in [0.25, 0.3) is 5.91 Å². The van der Waals surface area contributed by atoms with Crippen LogP contribution in [0.2, 0.25) is 0 Å². The van der Waals surface area contributed by atoms with Crippen molar-refractivity contribution in [3.8, 4) is 0 Å². The lowest BCUT2D eigenvalue weighted by atomic mass is 10.1. The van der Waals surface area contributed by atoms with Crippen LogP contribution in [0.1, 0.15) is 21.5 Å². The standard InChI is InChI=1S/C16H17IN2O/c1-11-9-14(17)7-8-15(11)19-10-12-3-5-13(6-4-12)16(20)18-2/h3-9,19H,10H2,1-2H3,(H,18,20). The molecule has 4 heteroatoms. The van der Waals surface area contributed by atoms with E-state index in [1.54, 1.807) is 7.05 Å². The fourth-order valence-electron chi connectivity index (χ4n) is 1.94. The summed E-state index contributed by atoms with van der Waals surface area (Å²) in [6, 6.07) is 14.0. The van der Waals surface area contributed by atoms with Crippen LogP contribution in [0.5, 0.6) is 0 Å². The fourth-order valence-corrected chi connectivity index (χ4v) is 2.59. The number of halogens is 1. The maximum absolute atomic E-state index is 11.5. The van der Waals surface area contributed by atoms with Gasteiger partial charge in [0.2, 0.25) is 0 Å². The molecule has 0 atom stereocenters. The molecule has 0 heterocycles. The van der Waals surface area contributed by atoms with Gasteiger partial charge in [-0.3, -0.25) is 4.79 Å². The summed E-state index contributed by atoms with van der Waals surface area (Å²) < 4.78 is 1.24. The highest BCUT2D eigenvalue weighted by Crippen LogP contribution is 2.18. The third-order valence-corrected chi connectivity index (χ3v) is 3.79. The number of amides is 1. The predicted octanol–water partition coefficient (Wildman–Crippen LogP) is 3.57. The van der Waals surface area contributed by atoms with Gasteiger partial charge in [-0.2, -0.15) is 0 Å². The molecule has 3 nitrogen and oxygen atoms in total. The van der Waals surface area contributed by atoms with E-state index in [2.05, 4.69) is 58.3 Å². The van der Waals surface area contributed by atoms with Crippen molar-refractivity contribution in [2.45, 2.75) is 13.5 Å². The highest BCUT2D eigenvalue weighted by Gasteiger charge is 2.03. The number of hydrogen-bond donors (Lipinski definition) is 2. The van der Waals surface area contributed by atoms with E-state index in [1.165, 1.54) is 9.13 Å². The van der Waals surface area contributed by atoms with Crippen LogP contribution in [0.25, 0.3) is 0 Å². The van der Waals surface area contributed by atoms with Gasteiger partial charge >= 0.3 is 0 Å². The molecule has 104 valence electrons. The van der Waals surface area contributed by atoms with E-state index < -0.39 is 0 Å². The first-order valence-electron chi connectivity index (χ1n) is 6.41. The van der Waals surface area contributed by atoms with Gasteiger partial charge in [0.15, 0.2) is 0 Å². The highest BCUT2D eigenvalue weighted by molar-refractivity contribution is 14.1. The maximum atomic E-state index is 11.5. The lowest BCUT2D eigenvalue weighted by molar-refractivity contribution is 0.0963. The molecule has 2 rings (SSSR count). The molecular weight excluding hydrogens is 363 g/mol. The van der Waals surface area contributed by atoms with E-state index in [1.807, 2.05) is 24.3 Å². The summed E-state index contributed by atoms with van der Waals surface area (Å²) >= 11 is 2.31. The van der Waals surface area contributed by atoms with Crippen molar-refractivity contribution in [2.75, 3.05) is 12.4 Å². The summed E-state index contributed by atoms with van der Waals surface area (Å²) in [5.41, 5.74) is 4.21. The normalized spacial score (nSPS) is 10.2. The predicted molar refractivity (Wildman–Crippen MR) is 91.1 cm³/mol. The Labute approximate surface area is 132 Å². The SMILES string of the molecule is CNC(=O)c1ccc(CNc2ccc(I)cc2C)cc1. The molecule has 20 heavy (non-hydrogen) atoms. The van der Waals surface area contributed by atoms with Crippen molar-refractivity contribution < 1.29 is 4.79 Å². The van der Waals surface area contributed by atoms with Crippen molar-refractivity contribution in [2.24, 2.45) is 0 Å². The summed E-state index contributed by atoms with van der Waals surface area (Å²) in [5.74, 6) is -0.0574. The van der Waals surface area contributed by atoms with E-state index in [-0.39, 0.29) is 5.91 Å². The molecule has 0 aromatic heterocycles. The van der Waals surface area contributed by atoms with Gasteiger partial charge in [-0.1, -0.05) is 12.1 Å². The topological polar surface area (TPSA) is 41.1 Å². The Balaban J connectivity index is 2.02. The molecule has 0 spiro atoms. The molecule has 0 unspecified atom stereocenters. The van der Waals surface area contributed by atoms with Gasteiger partial charge in [0, 0.05) is 28.4 Å². The number of carbonyl (C=O) groups excluding carboxylic acids is 1. The van der Waals surface area contributed by atoms with Crippen LogP contribution in [0.3, 0.4) is 0 Å². The van der Waals surface area contributed by atoms with Gasteiger partial charge in [-0.15, -0.1) is 0 Å². The van der Waals surface area contributed by atoms with Crippen molar-refractivity contribution >= 4 is 34.2 Å². The lowest BCUT2D eigenvalue weighted by Gasteiger charge is -2.10. The number of aryl methyl sites for hydroxylation is 1. The van der Waals surface area contributed by atoms with E-state index in [0.717, 1.165) is 17.8 Å². The second kappa shape index (κ2) is 6.74. The molecule has 0 radical (unpaired) electrons. The first kappa shape index (κ1) is 14.8. The number of hydrogen-bond acceptors (Lipinski definition) is 2. The van der Waals surface area contributed by atoms with Gasteiger partial charge in [0.1, 0.15) is 0 Å². The van der Waals surface area contributed by atoms with Crippen LogP contribution in [-0.4, -0.2) is 13.0 Å². The van der Waals surface area contributed by atoms with Crippen LogP contribution in [0.15, 0.2) is 42.5 Å². The van der Waals surface area contributed by atoms with Crippen molar-refractivity contribution in [3.05, 3.63) is 62.7 Å². The van der Waals surface area contributed by atoms with Gasteiger partial charge < -0.3 is 10.6 Å². The number of rotatable bonds is 4. The minimum Gasteiger partial charge on any atom is -0.381 e. The van der Waals surface area contributed by atoms with Crippen LogP contribution >= 0.6 is 22.6 Å². The zero-order chi connectivity index (χ0) is 14.5. The van der Waals surface area contributed by atoms with E-state index in [4.69, 9.17) is 0 Å². The minimum atomic E-state index is -0.0574. The molecule has 0 fully saturated rings. The van der Waals surface area contributed by atoms with Gasteiger partial charge in [-0.05, 0) is 71.0 Å². The molecule has 1 amide bonds. The molecule has 0 saturated heterocycles. The summed E-state index contributed by atoms with van der Waals surface area (Å²) in [6.45, 7) is 2.84. The van der Waals surface area contributed by atoms with Crippen molar-refractivity contribution in [3.63, 3.8) is 0 Å². The van der Waals surface area contributed by atoms with Crippen molar-refractivity contribution in [1.29, 1.82) is 0 Å². The Morgan fingerprint density at radius 2 is 1.85 bits per heavy atom. The molecule has 0 aliphatic carbocycles. The molecule has 0 aliphatic rings. The Morgan fingerprint density at radius 1 is 1.15 bits per heavy atom. The molecule has 0 saturated carbocycles. The van der Waals surface area contributed by atoms with Crippen LogP contribution < -0.4 is 10.6 Å². The largest absolute Gasteiger partial charge is 0.381 e. The molecule has 0 aliphatic heterocycles. The number of nitrogens with one attached hydrogen (secondary N) is 2. The third kappa shape index (κ3) is 3.72. The van der Waals surface area contributed by atoms with Crippen LogP contribution in [0.4, 0.5) is 5.69 Å². The van der Waals surface area contributed by atoms with Crippen molar-refractivity contribution in [1.82, 2.24) is 5.32 Å². The summed E-state index contributed by atoms with van der Waals surface area (Å²) in [4.78, 5) is 11.5. The molecule has 0 bridgehead atoms.